The first kappa shape index (κ1) is 5.56. The van der Waals surface area contributed by atoms with Gasteiger partial charge in [-0.05, 0) is 18.8 Å². The molecule has 0 spiro atoms. The number of rotatable bonds is 4. The summed E-state index contributed by atoms with van der Waals surface area (Å²) in [4.78, 5) is 14.1. The van der Waals surface area contributed by atoms with Gasteiger partial charge in [0.05, 0.1) is 6.61 Å². The maximum absolute atomic E-state index is 9.45. The van der Waals surface area contributed by atoms with E-state index in [1.54, 1.807) is 0 Å². The third-order valence-electron chi connectivity index (χ3n) is 1.13. The lowest BCUT2D eigenvalue weighted by atomic mass is 10.5. The van der Waals surface area contributed by atoms with E-state index in [-0.39, 0.29) is 0 Å². The highest BCUT2D eigenvalue weighted by molar-refractivity contribution is 5.44. The number of hydroxylamine groups is 1. The molecule has 0 heterocycles. The van der Waals surface area contributed by atoms with Crippen molar-refractivity contribution in [3.05, 3.63) is 0 Å². The van der Waals surface area contributed by atoms with Crippen LogP contribution in [-0.4, -0.2) is 13.0 Å². The summed E-state index contributed by atoms with van der Waals surface area (Å²) < 4.78 is 0. The summed E-state index contributed by atoms with van der Waals surface area (Å²) in [6.07, 6.45) is 3.90. The molecular weight excluding hydrogens is 106 g/mol. The van der Waals surface area contributed by atoms with Gasteiger partial charge in [0.25, 0.3) is 0 Å². The van der Waals surface area contributed by atoms with Gasteiger partial charge in [0, 0.05) is 0 Å². The minimum Gasteiger partial charge on any atom is -0.273 e. The largest absolute Gasteiger partial charge is 0.335 e. The van der Waals surface area contributed by atoms with Crippen LogP contribution in [0.2, 0.25) is 0 Å². The first-order valence-corrected chi connectivity index (χ1v) is 2.67. The second-order valence-corrected chi connectivity index (χ2v) is 1.96. The average Bonchev–Trinajstić information content (AvgIpc) is 2.51. The van der Waals surface area contributed by atoms with Crippen molar-refractivity contribution in [1.82, 2.24) is 5.48 Å². The standard InChI is InChI=1S/C5H8NO2/c7-4-6-8-3-5-1-2-5/h5H,1-3H2,(H,6,7). The van der Waals surface area contributed by atoms with Crippen LogP contribution in [0.3, 0.4) is 0 Å². The van der Waals surface area contributed by atoms with Crippen molar-refractivity contribution in [3.63, 3.8) is 0 Å². The van der Waals surface area contributed by atoms with E-state index in [4.69, 9.17) is 0 Å². The van der Waals surface area contributed by atoms with Crippen molar-refractivity contribution >= 4 is 6.41 Å². The molecule has 0 bridgehead atoms. The van der Waals surface area contributed by atoms with Gasteiger partial charge in [-0.3, -0.25) is 9.63 Å². The van der Waals surface area contributed by atoms with Gasteiger partial charge in [0.15, 0.2) is 0 Å². The molecule has 1 aliphatic carbocycles. The molecule has 1 aliphatic rings. The quantitative estimate of drug-likeness (QED) is 0.317. The van der Waals surface area contributed by atoms with Gasteiger partial charge in [-0.15, -0.1) is 0 Å². The Morgan fingerprint density at radius 3 is 3.00 bits per heavy atom. The third-order valence-corrected chi connectivity index (χ3v) is 1.13. The second kappa shape index (κ2) is 2.67. The molecule has 1 fully saturated rings. The maximum atomic E-state index is 9.45. The Morgan fingerprint density at radius 2 is 2.50 bits per heavy atom. The molecule has 8 heavy (non-hydrogen) atoms. The molecule has 0 saturated heterocycles. The van der Waals surface area contributed by atoms with Crippen LogP contribution in [0.15, 0.2) is 0 Å². The highest BCUT2D eigenvalue weighted by Gasteiger charge is 2.21. The van der Waals surface area contributed by atoms with Crippen molar-refractivity contribution in [2.24, 2.45) is 5.92 Å². The first-order valence-electron chi connectivity index (χ1n) is 2.67. The predicted molar refractivity (Wildman–Crippen MR) is 27.5 cm³/mol. The summed E-state index contributed by atoms with van der Waals surface area (Å²) in [5.41, 5.74) is 2.01. The molecule has 45 valence electrons. The van der Waals surface area contributed by atoms with E-state index in [0.29, 0.717) is 12.5 Å². The molecule has 1 amide bonds. The summed E-state index contributed by atoms with van der Waals surface area (Å²) in [6, 6.07) is 0. The lowest BCUT2D eigenvalue weighted by Gasteiger charge is -1.94. The van der Waals surface area contributed by atoms with Crippen LogP contribution in [-0.2, 0) is 9.63 Å². The van der Waals surface area contributed by atoms with E-state index >= 15 is 0 Å². The first-order chi connectivity index (χ1) is 3.93. The van der Waals surface area contributed by atoms with Crippen LogP contribution < -0.4 is 5.48 Å². The minimum absolute atomic E-state index is 0.648. The van der Waals surface area contributed by atoms with E-state index in [1.165, 1.54) is 19.3 Å². The summed E-state index contributed by atoms with van der Waals surface area (Å²) in [7, 11) is 0. The van der Waals surface area contributed by atoms with Crippen LogP contribution in [0.1, 0.15) is 12.8 Å². The Hall–Kier alpha value is -0.570. The number of amides is 1. The van der Waals surface area contributed by atoms with Crippen molar-refractivity contribution in [1.29, 1.82) is 0 Å². The zero-order valence-electron chi connectivity index (χ0n) is 4.52. The molecule has 1 rings (SSSR count). The zero-order chi connectivity index (χ0) is 5.82. The van der Waals surface area contributed by atoms with E-state index in [0.717, 1.165) is 0 Å². The Morgan fingerprint density at radius 1 is 1.75 bits per heavy atom. The molecule has 1 saturated carbocycles. The van der Waals surface area contributed by atoms with E-state index in [2.05, 4.69) is 4.84 Å². The van der Waals surface area contributed by atoms with Crippen molar-refractivity contribution in [2.45, 2.75) is 12.8 Å². The van der Waals surface area contributed by atoms with E-state index in [1.807, 2.05) is 5.48 Å². The van der Waals surface area contributed by atoms with Crippen LogP contribution in [0, 0.1) is 5.92 Å². The summed E-state index contributed by atoms with van der Waals surface area (Å²) in [6.45, 7) is 0.648. The summed E-state index contributed by atoms with van der Waals surface area (Å²) >= 11 is 0. The number of nitrogens with one attached hydrogen (secondary N) is 1. The maximum Gasteiger partial charge on any atom is 0.335 e. The molecule has 1 N–H and O–H groups in total. The van der Waals surface area contributed by atoms with Gasteiger partial charge in [0.2, 0.25) is 0 Å². The van der Waals surface area contributed by atoms with Gasteiger partial charge in [0.1, 0.15) is 0 Å². The third kappa shape index (κ3) is 1.93. The van der Waals surface area contributed by atoms with Crippen LogP contribution in [0.25, 0.3) is 0 Å². The Balaban J connectivity index is 1.80. The topological polar surface area (TPSA) is 38.3 Å². The molecule has 3 heteroatoms. The second-order valence-electron chi connectivity index (χ2n) is 1.96. The van der Waals surface area contributed by atoms with Crippen molar-refractivity contribution < 1.29 is 9.63 Å². The molecule has 0 aromatic carbocycles. The molecule has 0 unspecified atom stereocenters. The Bertz CT molecular complexity index is 80.5. The van der Waals surface area contributed by atoms with Crippen LogP contribution in [0.5, 0.6) is 0 Å². The summed E-state index contributed by atoms with van der Waals surface area (Å²) in [5.74, 6) is 0.691. The van der Waals surface area contributed by atoms with Gasteiger partial charge >= 0.3 is 6.41 Å². The molecule has 3 nitrogen and oxygen atoms in total. The monoisotopic (exact) mass is 114 g/mol. The molecule has 0 aromatic heterocycles. The highest BCUT2D eigenvalue weighted by atomic mass is 16.6. The normalized spacial score (nSPS) is 18.0. The highest BCUT2D eigenvalue weighted by Crippen LogP contribution is 2.28. The zero-order valence-corrected chi connectivity index (χ0v) is 4.52. The molecular formula is C5H8NO2. The molecule has 1 radical (unpaired) electrons. The fraction of sp³-hybridized carbons (Fsp3) is 0.800. The van der Waals surface area contributed by atoms with E-state index < -0.39 is 0 Å². The Kier molecular flexibility index (Phi) is 1.86. The molecule has 0 aromatic rings. The van der Waals surface area contributed by atoms with Crippen molar-refractivity contribution in [3.8, 4) is 0 Å². The number of hydrogen-bond acceptors (Lipinski definition) is 2. The minimum atomic E-state index is 0.648. The predicted octanol–water partition coefficient (Wildman–Crippen LogP) is -0.0152. The SMILES string of the molecule is O=[C]NOCC1CC1. The molecule has 0 atom stereocenters. The summed E-state index contributed by atoms with van der Waals surface area (Å²) in [5, 5.41) is 0. The van der Waals surface area contributed by atoms with Gasteiger partial charge in [-0.1, -0.05) is 0 Å². The van der Waals surface area contributed by atoms with Crippen molar-refractivity contribution in [2.75, 3.05) is 6.61 Å². The van der Waals surface area contributed by atoms with Crippen LogP contribution in [0.4, 0.5) is 0 Å². The van der Waals surface area contributed by atoms with Crippen LogP contribution >= 0.6 is 0 Å². The molecule has 0 aliphatic heterocycles. The van der Waals surface area contributed by atoms with Gasteiger partial charge < -0.3 is 0 Å². The van der Waals surface area contributed by atoms with Gasteiger partial charge in [-0.25, -0.2) is 5.48 Å². The fourth-order valence-electron chi connectivity index (χ4n) is 0.473. The average molecular weight is 114 g/mol. The lowest BCUT2D eigenvalue weighted by molar-refractivity contribution is 0.0743. The Labute approximate surface area is 48.0 Å². The van der Waals surface area contributed by atoms with E-state index in [9.17, 15) is 4.79 Å². The lowest BCUT2D eigenvalue weighted by Crippen LogP contribution is -2.12. The smallest absolute Gasteiger partial charge is 0.273 e. The van der Waals surface area contributed by atoms with Gasteiger partial charge in [-0.2, -0.15) is 0 Å². The number of carbonyl (C=O) groups excluding carboxylic acids is 1. The fourth-order valence-corrected chi connectivity index (χ4v) is 0.473. The number of hydrogen-bond donors (Lipinski definition) is 1.